The van der Waals surface area contributed by atoms with E-state index in [9.17, 15) is 19.2 Å². The molecule has 0 rings (SSSR count). The lowest BCUT2D eigenvalue weighted by Gasteiger charge is -2.07. The number of hydrogen-bond donors (Lipinski definition) is 4. The summed E-state index contributed by atoms with van der Waals surface area (Å²) in [5.41, 5.74) is 0. The van der Waals surface area contributed by atoms with Crippen LogP contribution in [-0.2, 0) is 19.2 Å². The Balaban J connectivity index is 0. The van der Waals surface area contributed by atoms with Crippen LogP contribution in [0.25, 0.3) is 0 Å². The van der Waals surface area contributed by atoms with Gasteiger partial charge >= 0.3 is 0 Å². The summed E-state index contributed by atoms with van der Waals surface area (Å²) in [5.74, 6) is 0.870. The number of allylic oxidation sites excluding steroid dienone is 4. The van der Waals surface area contributed by atoms with Crippen LogP contribution in [0.5, 0.6) is 0 Å². The van der Waals surface area contributed by atoms with Gasteiger partial charge in [0.25, 0.3) is 0 Å². The Hall–Kier alpha value is -2.64. The maximum absolute atomic E-state index is 12.2. The maximum Gasteiger partial charge on any atom is 0.219 e. The zero-order valence-corrected chi connectivity index (χ0v) is 68.5. The summed E-state index contributed by atoms with van der Waals surface area (Å²) in [6.07, 6.45) is 107. The number of carbonyl (C=O) groups excluding carboxylic acids is 4. The van der Waals surface area contributed by atoms with Crippen molar-refractivity contribution in [2.45, 2.75) is 516 Å². The second-order valence-corrected chi connectivity index (χ2v) is 31.1. The monoisotopic (exact) mass is 1410 g/mol. The lowest BCUT2D eigenvalue weighted by Crippen LogP contribution is -2.24. The molecule has 8 nitrogen and oxygen atoms in total. The van der Waals surface area contributed by atoms with Crippen molar-refractivity contribution in [3.63, 3.8) is 0 Å². The van der Waals surface area contributed by atoms with Crippen LogP contribution in [0.15, 0.2) is 24.3 Å². The second kappa shape index (κ2) is 92.4. The van der Waals surface area contributed by atoms with E-state index in [1.807, 2.05) is 0 Å². The molecule has 4 amide bonds. The van der Waals surface area contributed by atoms with Crippen molar-refractivity contribution < 1.29 is 19.2 Å². The third-order valence-corrected chi connectivity index (χ3v) is 20.8. The molecule has 0 aliphatic heterocycles. The third kappa shape index (κ3) is 93.4. The zero-order chi connectivity index (χ0) is 72.5. The first kappa shape index (κ1) is 99.4. The van der Waals surface area contributed by atoms with E-state index in [4.69, 9.17) is 0 Å². The van der Waals surface area contributed by atoms with Crippen LogP contribution in [-0.4, -0.2) is 49.8 Å². The molecule has 0 radical (unpaired) electrons. The summed E-state index contributed by atoms with van der Waals surface area (Å²) in [5, 5.41) is 12.4. The summed E-state index contributed by atoms with van der Waals surface area (Å²) in [6, 6.07) is 0. The van der Waals surface area contributed by atoms with Gasteiger partial charge in [-0.3, -0.25) is 19.2 Å². The van der Waals surface area contributed by atoms with Crippen LogP contribution < -0.4 is 21.3 Å². The number of unbranched alkanes of at least 4 members (excludes halogenated alkanes) is 64. The molecular formula is C92H180N4O4. The van der Waals surface area contributed by atoms with Crippen LogP contribution in [0.2, 0.25) is 0 Å². The van der Waals surface area contributed by atoms with Gasteiger partial charge in [0.2, 0.25) is 23.6 Å². The SMILES string of the molecule is CCCCCCCC/C=C\CCCCCCCC(=O)NCCCCCCNC(=O)CCCCCCC/C=C\CCCCCCCC.CCCCCCCCCCCCCCCCCCCCCC(=O)NCCCCCCNC(=O)CCCCCCCCCCCCCCCCCCCCC. The summed E-state index contributed by atoms with van der Waals surface area (Å²) < 4.78 is 0. The van der Waals surface area contributed by atoms with E-state index in [0.29, 0.717) is 25.7 Å². The molecule has 0 spiro atoms. The number of amides is 4. The Labute approximate surface area is 626 Å². The average Bonchev–Trinajstić information content (AvgIpc) is 3.77. The maximum atomic E-state index is 12.2. The topological polar surface area (TPSA) is 116 Å². The summed E-state index contributed by atoms with van der Waals surface area (Å²) in [7, 11) is 0. The molecule has 0 aromatic carbocycles. The molecule has 0 fully saturated rings. The second-order valence-electron chi connectivity index (χ2n) is 31.1. The molecule has 0 aliphatic rings. The fourth-order valence-electron chi connectivity index (χ4n) is 13.9. The molecule has 0 atom stereocenters. The fourth-order valence-corrected chi connectivity index (χ4v) is 13.9. The Morgan fingerprint density at radius 3 is 0.430 bits per heavy atom. The van der Waals surface area contributed by atoms with E-state index in [1.54, 1.807) is 0 Å². The first-order valence-electron chi connectivity index (χ1n) is 45.8. The number of nitrogens with one attached hydrogen (secondary N) is 4. The molecular weight excluding hydrogens is 1230 g/mol. The molecule has 0 aromatic heterocycles. The Morgan fingerprint density at radius 1 is 0.160 bits per heavy atom. The van der Waals surface area contributed by atoms with Gasteiger partial charge in [-0.05, 0) is 103 Å². The highest BCUT2D eigenvalue weighted by Crippen LogP contribution is 2.19. The number of carbonyl (C=O) groups is 4. The van der Waals surface area contributed by atoms with Crippen molar-refractivity contribution >= 4 is 23.6 Å². The molecule has 0 aliphatic carbocycles. The Kier molecular flexibility index (Phi) is 91.9. The standard InChI is InChI=1S/C50H100N2O2.C42H80N2O2/c1-3-5-7-9-11-13-15-17-19-21-23-25-27-29-31-33-35-37-41-45-49(53)51-47-43-39-40-44-48-52-50(54)46-42-38-36-34-32-30-28-26-24-22-20-18-16-14-12-10-8-6-4-2;1-3-5-7-9-11-13-15-17-19-21-23-25-27-29-33-37-41(45)43-39-35-31-32-36-40-44-42(46)38-34-30-28-26-24-22-20-18-16-14-12-10-8-6-4-2/h3-48H2,1-2H3,(H,51,53)(H,52,54);17-20H,3-16,21-40H2,1-2H3,(H,43,45)(H,44,46)/b;19-17-,20-18-. The van der Waals surface area contributed by atoms with Crippen molar-refractivity contribution in [2.75, 3.05) is 26.2 Å². The molecule has 0 saturated carbocycles. The van der Waals surface area contributed by atoms with Crippen molar-refractivity contribution in [3.8, 4) is 0 Å². The first-order chi connectivity index (χ1) is 49.4. The van der Waals surface area contributed by atoms with Gasteiger partial charge in [0.05, 0.1) is 0 Å². The van der Waals surface area contributed by atoms with Crippen molar-refractivity contribution in [2.24, 2.45) is 0 Å². The van der Waals surface area contributed by atoms with E-state index < -0.39 is 0 Å². The smallest absolute Gasteiger partial charge is 0.219 e. The van der Waals surface area contributed by atoms with Gasteiger partial charge in [-0.1, -0.05) is 412 Å². The molecule has 0 saturated heterocycles. The highest BCUT2D eigenvalue weighted by Gasteiger charge is 2.06. The molecule has 0 aromatic rings. The van der Waals surface area contributed by atoms with Gasteiger partial charge in [0.1, 0.15) is 0 Å². The highest BCUT2D eigenvalue weighted by molar-refractivity contribution is 5.76. The molecule has 100 heavy (non-hydrogen) atoms. The normalized spacial score (nSPS) is 11.5. The van der Waals surface area contributed by atoms with E-state index in [1.165, 1.54) is 372 Å². The van der Waals surface area contributed by atoms with Gasteiger partial charge in [-0.2, -0.15) is 0 Å². The fraction of sp³-hybridized carbons (Fsp3) is 0.913. The largest absolute Gasteiger partial charge is 0.356 e. The van der Waals surface area contributed by atoms with E-state index in [-0.39, 0.29) is 23.6 Å². The molecule has 0 bridgehead atoms. The molecule has 0 heterocycles. The van der Waals surface area contributed by atoms with Crippen LogP contribution >= 0.6 is 0 Å². The summed E-state index contributed by atoms with van der Waals surface area (Å²) in [6.45, 7) is 12.3. The van der Waals surface area contributed by atoms with E-state index in [2.05, 4.69) is 73.3 Å². The van der Waals surface area contributed by atoms with Crippen LogP contribution in [0, 0.1) is 0 Å². The van der Waals surface area contributed by atoms with Crippen molar-refractivity contribution in [3.05, 3.63) is 24.3 Å². The quantitative estimate of drug-likeness (QED) is 0.0359. The third-order valence-electron chi connectivity index (χ3n) is 20.8. The number of rotatable bonds is 84. The van der Waals surface area contributed by atoms with Gasteiger partial charge in [0.15, 0.2) is 0 Å². The van der Waals surface area contributed by atoms with Crippen LogP contribution in [0.3, 0.4) is 0 Å². The average molecular weight is 1410 g/mol. The van der Waals surface area contributed by atoms with Crippen molar-refractivity contribution in [1.29, 1.82) is 0 Å². The van der Waals surface area contributed by atoms with Gasteiger partial charge < -0.3 is 21.3 Å². The minimum atomic E-state index is 0.209. The lowest BCUT2D eigenvalue weighted by atomic mass is 10.0. The Morgan fingerprint density at radius 2 is 0.280 bits per heavy atom. The van der Waals surface area contributed by atoms with Crippen LogP contribution in [0.1, 0.15) is 516 Å². The summed E-state index contributed by atoms with van der Waals surface area (Å²) >= 11 is 0. The van der Waals surface area contributed by atoms with Gasteiger partial charge in [0, 0.05) is 51.9 Å². The predicted molar refractivity (Wildman–Crippen MR) is 444 cm³/mol. The highest BCUT2D eigenvalue weighted by atomic mass is 16.2. The van der Waals surface area contributed by atoms with Gasteiger partial charge in [-0.25, -0.2) is 0 Å². The molecule has 0 unspecified atom stereocenters. The summed E-state index contributed by atoms with van der Waals surface area (Å²) in [4.78, 5) is 48.4. The molecule has 4 N–H and O–H groups in total. The van der Waals surface area contributed by atoms with Crippen molar-refractivity contribution in [1.82, 2.24) is 21.3 Å². The predicted octanol–water partition coefficient (Wildman–Crippen LogP) is 29.3. The Bertz CT molecular complexity index is 1530. The number of hydrogen-bond acceptors (Lipinski definition) is 4. The first-order valence-corrected chi connectivity index (χ1v) is 45.8. The molecule has 592 valence electrons. The van der Waals surface area contributed by atoms with E-state index in [0.717, 1.165) is 116 Å². The minimum Gasteiger partial charge on any atom is -0.356 e. The van der Waals surface area contributed by atoms with Crippen LogP contribution in [0.4, 0.5) is 0 Å². The minimum absolute atomic E-state index is 0.209. The zero-order valence-electron chi connectivity index (χ0n) is 68.5. The van der Waals surface area contributed by atoms with E-state index >= 15 is 0 Å². The van der Waals surface area contributed by atoms with Gasteiger partial charge in [-0.15, -0.1) is 0 Å². The lowest BCUT2D eigenvalue weighted by molar-refractivity contribution is -0.122. The molecule has 8 heteroatoms.